The van der Waals surface area contributed by atoms with E-state index < -0.39 is 6.10 Å². The Kier molecular flexibility index (Phi) is 6.54. The Morgan fingerprint density at radius 3 is 2.31 bits per heavy atom. The molecule has 0 spiro atoms. The minimum Gasteiger partial charge on any atom is -0.464 e. The van der Waals surface area contributed by atoms with Crippen molar-refractivity contribution in [3.8, 4) is 0 Å². The summed E-state index contributed by atoms with van der Waals surface area (Å²) in [6.45, 7) is 7.96. The number of esters is 1. The Hall–Kier alpha value is -0.610. The summed E-state index contributed by atoms with van der Waals surface area (Å²) in [7, 11) is 0. The maximum absolute atomic E-state index is 11.1. The Morgan fingerprint density at radius 1 is 1.23 bits per heavy atom. The molecule has 0 rings (SSSR count). The van der Waals surface area contributed by atoms with Crippen molar-refractivity contribution in [1.29, 1.82) is 0 Å². The predicted molar refractivity (Wildman–Crippen MR) is 48.3 cm³/mol. The van der Waals surface area contributed by atoms with E-state index in [4.69, 9.17) is 14.2 Å². The maximum Gasteiger partial charge on any atom is 0.335 e. The summed E-state index contributed by atoms with van der Waals surface area (Å²) in [6, 6.07) is 0. The fraction of sp³-hybridized carbons (Fsp3) is 0.889. The molecule has 0 aliphatic carbocycles. The highest BCUT2D eigenvalue weighted by Crippen LogP contribution is 2.01. The van der Waals surface area contributed by atoms with Crippen LogP contribution in [0.1, 0.15) is 27.7 Å². The summed E-state index contributed by atoms with van der Waals surface area (Å²) in [5.41, 5.74) is 0. The minimum atomic E-state index is -0.568. The third kappa shape index (κ3) is 5.60. The zero-order chi connectivity index (χ0) is 10.3. The monoisotopic (exact) mass is 190 g/mol. The van der Waals surface area contributed by atoms with Gasteiger partial charge in [-0.2, -0.15) is 0 Å². The van der Waals surface area contributed by atoms with Crippen LogP contribution >= 0.6 is 0 Å². The largest absolute Gasteiger partial charge is 0.464 e. The standard InChI is InChI=1S/C9H18O4/c1-5-11-8(4)13-7(3)9(10)12-6-2/h7-8H,5-6H2,1-4H3. The first-order chi connectivity index (χ1) is 6.11. The van der Waals surface area contributed by atoms with Crippen LogP contribution in [0.3, 0.4) is 0 Å². The molecule has 4 heteroatoms. The highest BCUT2D eigenvalue weighted by molar-refractivity contribution is 5.74. The van der Waals surface area contributed by atoms with Crippen LogP contribution in [0.15, 0.2) is 0 Å². The molecule has 0 aliphatic rings. The van der Waals surface area contributed by atoms with Crippen molar-refractivity contribution in [3.63, 3.8) is 0 Å². The minimum absolute atomic E-state index is 0.353. The SMILES string of the molecule is CCOC(=O)C(C)OC(C)OCC. The summed E-state index contributed by atoms with van der Waals surface area (Å²) in [5, 5.41) is 0. The van der Waals surface area contributed by atoms with Crippen molar-refractivity contribution in [2.24, 2.45) is 0 Å². The van der Waals surface area contributed by atoms with E-state index in [1.165, 1.54) is 0 Å². The highest BCUT2D eigenvalue weighted by atomic mass is 16.7. The molecule has 0 radical (unpaired) electrons. The number of carbonyl (C=O) groups is 1. The first kappa shape index (κ1) is 12.4. The lowest BCUT2D eigenvalue weighted by Crippen LogP contribution is -2.28. The van der Waals surface area contributed by atoms with Gasteiger partial charge in [0, 0.05) is 6.61 Å². The number of carbonyl (C=O) groups excluding carboxylic acids is 1. The van der Waals surface area contributed by atoms with E-state index in [0.29, 0.717) is 13.2 Å². The molecular formula is C9H18O4. The van der Waals surface area contributed by atoms with E-state index in [1.54, 1.807) is 20.8 Å². The van der Waals surface area contributed by atoms with Gasteiger partial charge in [-0.25, -0.2) is 4.79 Å². The topological polar surface area (TPSA) is 44.8 Å². The molecule has 0 aromatic heterocycles. The van der Waals surface area contributed by atoms with Gasteiger partial charge in [-0.3, -0.25) is 0 Å². The van der Waals surface area contributed by atoms with Crippen LogP contribution in [0.25, 0.3) is 0 Å². The summed E-state index contributed by atoms with van der Waals surface area (Å²) in [4.78, 5) is 11.1. The van der Waals surface area contributed by atoms with E-state index in [-0.39, 0.29) is 12.3 Å². The van der Waals surface area contributed by atoms with Crippen molar-refractivity contribution in [3.05, 3.63) is 0 Å². The maximum atomic E-state index is 11.1. The van der Waals surface area contributed by atoms with Gasteiger partial charge in [0.05, 0.1) is 6.61 Å². The quantitative estimate of drug-likeness (QED) is 0.468. The molecular weight excluding hydrogens is 172 g/mol. The van der Waals surface area contributed by atoms with Crippen LogP contribution < -0.4 is 0 Å². The molecule has 0 N–H and O–H groups in total. The molecule has 13 heavy (non-hydrogen) atoms. The van der Waals surface area contributed by atoms with Gasteiger partial charge >= 0.3 is 5.97 Å². The molecule has 0 aromatic carbocycles. The number of hydrogen-bond acceptors (Lipinski definition) is 4. The highest BCUT2D eigenvalue weighted by Gasteiger charge is 2.17. The Balaban J connectivity index is 3.71. The molecule has 0 aliphatic heterocycles. The van der Waals surface area contributed by atoms with E-state index >= 15 is 0 Å². The second kappa shape index (κ2) is 6.86. The molecule has 2 atom stereocenters. The predicted octanol–water partition coefficient (Wildman–Crippen LogP) is 1.34. The first-order valence-electron chi connectivity index (χ1n) is 4.55. The molecule has 0 saturated carbocycles. The lowest BCUT2D eigenvalue weighted by atomic mass is 10.4. The van der Waals surface area contributed by atoms with Gasteiger partial charge in [0.2, 0.25) is 0 Å². The summed E-state index contributed by atoms with van der Waals surface area (Å²) >= 11 is 0. The molecule has 2 unspecified atom stereocenters. The molecule has 0 aromatic rings. The summed E-state index contributed by atoms with van der Waals surface area (Å²) in [5.74, 6) is -0.353. The smallest absolute Gasteiger partial charge is 0.335 e. The lowest BCUT2D eigenvalue weighted by Gasteiger charge is -2.17. The fourth-order valence-electron chi connectivity index (χ4n) is 0.877. The Morgan fingerprint density at radius 2 is 1.85 bits per heavy atom. The average Bonchev–Trinajstić information content (AvgIpc) is 2.05. The molecule has 0 amide bonds. The normalized spacial score (nSPS) is 15.1. The second-order valence-electron chi connectivity index (χ2n) is 2.55. The van der Waals surface area contributed by atoms with Gasteiger partial charge in [-0.1, -0.05) is 0 Å². The van der Waals surface area contributed by atoms with Gasteiger partial charge in [0.15, 0.2) is 12.4 Å². The molecule has 4 nitrogen and oxygen atoms in total. The molecule has 0 bridgehead atoms. The fourth-order valence-corrected chi connectivity index (χ4v) is 0.877. The molecule has 0 fully saturated rings. The van der Waals surface area contributed by atoms with Crippen molar-refractivity contribution in [2.45, 2.75) is 40.1 Å². The van der Waals surface area contributed by atoms with Crippen LogP contribution in [0.2, 0.25) is 0 Å². The van der Waals surface area contributed by atoms with Crippen molar-refractivity contribution >= 4 is 5.97 Å². The van der Waals surface area contributed by atoms with Gasteiger partial charge in [0.25, 0.3) is 0 Å². The van der Waals surface area contributed by atoms with Gasteiger partial charge < -0.3 is 14.2 Å². The van der Waals surface area contributed by atoms with E-state index in [9.17, 15) is 4.79 Å². The van der Waals surface area contributed by atoms with Gasteiger partial charge in [0.1, 0.15) is 0 Å². The van der Waals surface area contributed by atoms with Crippen molar-refractivity contribution in [1.82, 2.24) is 0 Å². The number of hydrogen-bond donors (Lipinski definition) is 0. The van der Waals surface area contributed by atoms with Crippen LogP contribution in [-0.2, 0) is 19.0 Å². The van der Waals surface area contributed by atoms with E-state index in [1.807, 2.05) is 6.92 Å². The third-order valence-corrected chi connectivity index (χ3v) is 1.42. The van der Waals surface area contributed by atoms with Gasteiger partial charge in [-0.05, 0) is 27.7 Å². The lowest BCUT2D eigenvalue weighted by molar-refractivity contribution is -0.184. The van der Waals surface area contributed by atoms with E-state index in [0.717, 1.165) is 0 Å². The second-order valence-corrected chi connectivity index (χ2v) is 2.55. The van der Waals surface area contributed by atoms with Crippen LogP contribution in [0.4, 0.5) is 0 Å². The Bertz CT molecular complexity index is 147. The number of ether oxygens (including phenoxy) is 3. The summed E-state index contributed by atoms with van der Waals surface area (Å²) < 4.78 is 15.1. The van der Waals surface area contributed by atoms with Crippen LogP contribution in [0.5, 0.6) is 0 Å². The summed E-state index contributed by atoms with van der Waals surface area (Å²) in [6.07, 6.45) is -0.939. The Labute approximate surface area is 79.2 Å². The number of rotatable bonds is 6. The first-order valence-corrected chi connectivity index (χ1v) is 4.55. The average molecular weight is 190 g/mol. The zero-order valence-corrected chi connectivity index (χ0v) is 8.70. The molecule has 78 valence electrons. The van der Waals surface area contributed by atoms with Crippen molar-refractivity contribution in [2.75, 3.05) is 13.2 Å². The van der Waals surface area contributed by atoms with Crippen LogP contribution in [0, 0.1) is 0 Å². The molecule has 0 heterocycles. The third-order valence-electron chi connectivity index (χ3n) is 1.42. The van der Waals surface area contributed by atoms with Crippen molar-refractivity contribution < 1.29 is 19.0 Å². The van der Waals surface area contributed by atoms with E-state index in [2.05, 4.69) is 0 Å². The van der Waals surface area contributed by atoms with Gasteiger partial charge in [-0.15, -0.1) is 0 Å². The van der Waals surface area contributed by atoms with Crippen LogP contribution in [-0.4, -0.2) is 31.6 Å². The molecule has 0 saturated heterocycles. The zero-order valence-electron chi connectivity index (χ0n) is 8.70.